The summed E-state index contributed by atoms with van der Waals surface area (Å²) in [5, 5.41) is 18.1. The van der Waals surface area contributed by atoms with Gasteiger partial charge < -0.3 is 5.11 Å². The lowest BCUT2D eigenvalue weighted by atomic mass is 9.87. The molecule has 1 N–H and O–H groups in total. The normalized spacial score (nSPS) is 35.6. The predicted octanol–water partition coefficient (Wildman–Crippen LogP) is 2.11. The molecule has 4 rings (SSSR count). The highest BCUT2D eigenvalue weighted by Gasteiger charge is 2.62. The topological polar surface area (TPSA) is 81.4 Å². The van der Waals surface area contributed by atoms with Gasteiger partial charge in [-0.2, -0.15) is 18.4 Å². The number of rotatable bonds is 1. The Morgan fingerprint density at radius 1 is 1.24 bits per heavy atom. The number of benzene rings is 1. The number of nitrogens with zero attached hydrogens (tertiary/aromatic N) is 2. The Kier molecular flexibility index (Phi) is 3.41. The number of nitriles is 1. The summed E-state index contributed by atoms with van der Waals surface area (Å²) in [7, 11) is -3.84. The van der Waals surface area contributed by atoms with Gasteiger partial charge in [-0.15, -0.1) is 0 Å². The van der Waals surface area contributed by atoms with Gasteiger partial charge in [-0.05, 0) is 42.9 Å². The molecule has 0 amide bonds. The van der Waals surface area contributed by atoms with Gasteiger partial charge in [0.15, 0.2) is 0 Å². The van der Waals surface area contributed by atoms with Crippen LogP contribution in [0, 0.1) is 29.1 Å². The molecule has 1 heterocycles. The quantitative estimate of drug-likeness (QED) is 0.819. The molecule has 3 aliphatic rings. The van der Waals surface area contributed by atoms with Crippen LogP contribution in [0.3, 0.4) is 0 Å². The molecule has 9 heteroatoms. The van der Waals surface area contributed by atoms with E-state index in [4.69, 9.17) is 5.26 Å². The number of halogens is 3. The van der Waals surface area contributed by atoms with Crippen LogP contribution in [-0.4, -0.2) is 31.4 Å². The Morgan fingerprint density at radius 3 is 2.60 bits per heavy atom. The number of sulfonamides is 1. The van der Waals surface area contributed by atoms with Gasteiger partial charge >= 0.3 is 6.18 Å². The first-order valence-electron chi connectivity index (χ1n) is 7.95. The minimum atomic E-state index is -4.74. The minimum Gasteiger partial charge on any atom is -0.393 e. The van der Waals surface area contributed by atoms with Crippen LogP contribution in [0.2, 0.25) is 0 Å². The molecule has 3 fully saturated rings. The van der Waals surface area contributed by atoms with Crippen molar-refractivity contribution in [3.05, 3.63) is 29.3 Å². The molecule has 1 aliphatic heterocycles. The van der Waals surface area contributed by atoms with Crippen LogP contribution in [0.5, 0.6) is 0 Å². The molecule has 134 valence electrons. The van der Waals surface area contributed by atoms with Crippen molar-refractivity contribution >= 4 is 15.7 Å². The fourth-order valence-corrected chi connectivity index (χ4v) is 7.35. The molecule has 0 unspecified atom stereocenters. The molecule has 2 saturated carbocycles. The SMILES string of the molecule is N#Cc1ccc(N2C[C@H]3[C@@H]4C[C@H]([C@H]3S2(=O)=O)[C@H](O)C4)cc1C(F)(F)F. The van der Waals surface area contributed by atoms with Crippen LogP contribution in [0.1, 0.15) is 24.0 Å². The summed E-state index contributed by atoms with van der Waals surface area (Å²) in [6.07, 6.45) is -4.19. The lowest BCUT2D eigenvalue weighted by Crippen LogP contribution is -2.38. The van der Waals surface area contributed by atoms with Gasteiger partial charge in [0, 0.05) is 12.5 Å². The predicted molar refractivity (Wildman–Crippen MR) is 81.9 cm³/mol. The van der Waals surface area contributed by atoms with E-state index < -0.39 is 38.7 Å². The first-order valence-corrected chi connectivity index (χ1v) is 9.46. The lowest BCUT2D eigenvalue weighted by molar-refractivity contribution is -0.137. The maximum atomic E-state index is 13.2. The number of alkyl halides is 3. The van der Waals surface area contributed by atoms with E-state index in [1.807, 2.05) is 0 Å². The van der Waals surface area contributed by atoms with Crippen molar-refractivity contribution in [2.45, 2.75) is 30.4 Å². The van der Waals surface area contributed by atoms with Crippen LogP contribution in [0.15, 0.2) is 18.2 Å². The molecule has 1 saturated heterocycles. The number of aliphatic hydroxyl groups excluding tert-OH is 1. The van der Waals surface area contributed by atoms with Crippen LogP contribution in [-0.2, 0) is 16.2 Å². The van der Waals surface area contributed by atoms with Crippen LogP contribution in [0.4, 0.5) is 18.9 Å². The standard InChI is InChI=1S/C16H15F3N2O3S/c17-16(18,19)13-5-10(2-1-8(13)6-20)21-7-12-9-3-11(14(22)4-9)15(12)25(21,23)24/h1-2,5,9,11-12,14-15,22H,3-4,7H2/t9-,11+,12+,14-,15-/m1/s1. The smallest absolute Gasteiger partial charge is 0.393 e. The fourth-order valence-electron chi connectivity index (χ4n) is 4.79. The average molecular weight is 372 g/mol. The summed E-state index contributed by atoms with van der Waals surface area (Å²) in [5.41, 5.74) is -1.75. The summed E-state index contributed by atoms with van der Waals surface area (Å²) in [6, 6.07) is 4.47. The zero-order valence-electron chi connectivity index (χ0n) is 12.9. The molecular weight excluding hydrogens is 357 g/mol. The summed E-state index contributed by atoms with van der Waals surface area (Å²) >= 11 is 0. The van der Waals surface area contributed by atoms with E-state index in [9.17, 15) is 26.7 Å². The molecule has 1 aromatic carbocycles. The Balaban J connectivity index is 1.76. The second-order valence-electron chi connectivity index (χ2n) is 7.01. The highest BCUT2D eigenvalue weighted by atomic mass is 32.2. The monoisotopic (exact) mass is 372 g/mol. The summed E-state index contributed by atoms with van der Waals surface area (Å²) in [6.45, 7) is 0.129. The molecular formula is C16H15F3N2O3S. The third-order valence-corrected chi connectivity index (χ3v) is 8.17. The van der Waals surface area contributed by atoms with Crippen LogP contribution >= 0.6 is 0 Å². The third kappa shape index (κ3) is 2.27. The Labute approximate surface area is 142 Å². The van der Waals surface area contributed by atoms with Crippen molar-refractivity contribution in [3.8, 4) is 6.07 Å². The summed E-state index contributed by atoms with van der Waals surface area (Å²) in [4.78, 5) is 0. The minimum absolute atomic E-state index is 0.0744. The zero-order chi connectivity index (χ0) is 18.1. The van der Waals surface area contributed by atoms with Crippen molar-refractivity contribution in [2.75, 3.05) is 10.8 Å². The van der Waals surface area contributed by atoms with Gasteiger partial charge in [0.25, 0.3) is 0 Å². The number of aliphatic hydroxyl groups is 1. The molecule has 0 aromatic heterocycles. The van der Waals surface area contributed by atoms with Crippen molar-refractivity contribution in [2.24, 2.45) is 17.8 Å². The van der Waals surface area contributed by atoms with Crippen molar-refractivity contribution < 1.29 is 26.7 Å². The summed E-state index contributed by atoms with van der Waals surface area (Å²) in [5.74, 6) is -0.418. The van der Waals surface area contributed by atoms with Gasteiger partial charge in [-0.1, -0.05) is 0 Å². The van der Waals surface area contributed by atoms with Gasteiger partial charge in [-0.25, -0.2) is 8.42 Å². The Bertz CT molecular complexity index is 878. The van der Waals surface area contributed by atoms with Gasteiger partial charge in [0.1, 0.15) is 0 Å². The maximum absolute atomic E-state index is 13.2. The van der Waals surface area contributed by atoms with Crippen molar-refractivity contribution in [3.63, 3.8) is 0 Å². The second-order valence-corrected chi connectivity index (χ2v) is 9.02. The van der Waals surface area contributed by atoms with E-state index in [-0.39, 0.29) is 30.0 Å². The average Bonchev–Trinajstić information content (AvgIpc) is 3.15. The number of anilines is 1. The van der Waals surface area contributed by atoms with Gasteiger partial charge in [0.05, 0.1) is 34.2 Å². The van der Waals surface area contributed by atoms with E-state index >= 15 is 0 Å². The van der Waals surface area contributed by atoms with Gasteiger partial charge in [0.2, 0.25) is 10.0 Å². The molecule has 2 bridgehead atoms. The van der Waals surface area contributed by atoms with Crippen LogP contribution < -0.4 is 4.31 Å². The number of hydrogen-bond acceptors (Lipinski definition) is 4. The number of hydrogen-bond donors (Lipinski definition) is 1. The van der Waals surface area contributed by atoms with E-state index in [1.54, 1.807) is 0 Å². The first-order chi connectivity index (χ1) is 11.6. The van der Waals surface area contributed by atoms with E-state index in [1.165, 1.54) is 12.1 Å². The maximum Gasteiger partial charge on any atom is 0.417 e. The van der Waals surface area contributed by atoms with Crippen molar-refractivity contribution in [1.29, 1.82) is 5.26 Å². The lowest BCUT2D eigenvalue weighted by Gasteiger charge is -2.26. The largest absolute Gasteiger partial charge is 0.417 e. The molecule has 25 heavy (non-hydrogen) atoms. The molecule has 1 aromatic rings. The highest BCUT2D eigenvalue weighted by Crippen LogP contribution is 2.56. The fraction of sp³-hybridized carbons (Fsp3) is 0.562. The molecule has 0 spiro atoms. The second kappa shape index (κ2) is 5.11. The first kappa shape index (κ1) is 16.7. The van der Waals surface area contributed by atoms with Crippen LogP contribution in [0.25, 0.3) is 0 Å². The van der Waals surface area contributed by atoms with E-state index in [0.29, 0.717) is 12.8 Å². The Hall–Kier alpha value is -1.79. The molecule has 2 aliphatic carbocycles. The number of fused-ring (bicyclic) bond motifs is 5. The summed E-state index contributed by atoms with van der Waals surface area (Å²) < 4.78 is 66.3. The Morgan fingerprint density at radius 2 is 1.96 bits per heavy atom. The zero-order valence-corrected chi connectivity index (χ0v) is 13.8. The van der Waals surface area contributed by atoms with E-state index in [2.05, 4.69) is 0 Å². The third-order valence-electron chi connectivity index (χ3n) is 5.81. The molecule has 5 atom stereocenters. The molecule has 0 radical (unpaired) electrons. The van der Waals surface area contributed by atoms with Crippen molar-refractivity contribution in [1.82, 2.24) is 0 Å². The molecule has 5 nitrogen and oxygen atoms in total. The van der Waals surface area contributed by atoms with E-state index in [0.717, 1.165) is 16.4 Å². The van der Waals surface area contributed by atoms with Gasteiger partial charge in [-0.3, -0.25) is 4.31 Å². The highest BCUT2D eigenvalue weighted by molar-refractivity contribution is 7.93.